The molecule has 1 N–H and O–H groups in total. The first kappa shape index (κ1) is 14.5. The third-order valence-corrected chi connectivity index (χ3v) is 4.27. The molecule has 1 heterocycles. The molecule has 1 saturated carbocycles. The zero-order chi connectivity index (χ0) is 14.8. The molecule has 1 fully saturated rings. The van der Waals surface area contributed by atoms with Gasteiger partial charge in [-0.1, -0.05) is 6.07 Å². The summed E-state index contributed by atoms with van der Waals surface area (Å²) in [5.74, 6) is 0. The Hall–Kier alpha value is -1.39. The van der Waals surface area contributed by atoms with Gasteiger partial charge in [0.05, 0.1) is 11.7 Å². The monoisotopic (exact) mass is 287 g/mol. The fourth-order valence-electron chi connectivity index (χ4n) is 2.86. The molecule has 1 aliphatic rings. The van der Waals surface area contributed by atoms with Crippen LogP contribution in [0.2, 0.25) is 0 Å². The average molecular weight is 287 g/mol. The molecule has 0 amide bonds. The Morgan fingerprint density at radius 3 is 2.95 bits per heavy atom. The van der Waals surface area contributed by atoms with Gasteiger partial charge >= 0.3 is 0 Å². The molecule has 1 aromatic carbocycles. The third-order valence-electron chi connectivity index (χ3n) is 4.27. The summed E-state index contributed by atoms with van der Waals surface area (Å²) < 4.78 is 7.24. The quantitative estimate of drug-likeness (QED) is 0.795. The van der Waals surface area contributed by atoms with Crippen LogP contribution < -0.4 is 5.32 Å². The molecule has 0 spiro atoms. The molecule has 0 saturated heterocycles. The van der Waals surface area contributed by atoms with Gasteiger partial charge in [0.25, 0.3) is 0 Å². The van der Waals surface area contributed by atoms with Gasteiger partial charge in [-0.2, -0.15) is 5.10 Å². The van der Waals surface area contributed by atoms with Crippen LogP contribution in [0.15, 0.2) is 18.3 Å². The highest BCUT2D eigenvalue weighted by molar-refractivity contribution is 5.83. The summed E-state index contributed by atoms with van der Waals surface area (Å²) in [5.41, 5.74) is 3.91. The van der Waals surface area contributed by atoms with E-state index in [1.54, 1.807) is 7.11 Å². The topological polar surface area (TPSA) is 39.1 Å². The molecule has 1 unspecified atom stereocenters. The number of methoxy groups -OCH3 is 1. The van der Waals surface area contributed by atoms with E-state index in [1.165, 1.54) is 34.9 Å². The van der Waals surface area contributed by atoms with E-state index in [-0.39, 0.29) is 0 Å². The zero-order valence-corrected chi connectivity index (χ0v) is 13.2. The van der Waals surface area contributed by atoms with Crippen LogP contribution in [0.5, 0.6) is 0 Å². The highest BCUT2D eigenvalue weighted by atomic mass is 16.5. The lowest BCUT2D eigenvalue weighted by molar-refractivity contribution is 0.189. The Morgan fingerprint density at radius 2 is 2.24 bits per heavy atom. The molecule has 2 aromatic rings. The lowest BCUT2D eigenvalue weighted by Gasteiger charge is -2.15. The minimum atomic E-state index is 0.405. The van der Waals surface area contributed by atoms with Crippen LogP contribution in [-0.4, -0.2) is 29.5 Å². The molecule has 0 aliphatic heterocycles. The molecule has 21 heavy (non-hydrogen) atoms. The largest absolute Gasteiger partial charge is 0.385 e. The maximum atomic E-state index is 5.14. The van der Waals surface area contributed by atoms with Gasteiger partial charge in [-0.25, -0.2) is 0 Å². The number of aromatic nitrogens is 2. The number of nitrogens with zero attached hydrogens (tertiary/aromatic N) is 2. The van der Waals surface area contributed by atoms with E-state index < -0.39 is 0 Å². The third kappa shape index (κ3) is 3.27. The molecule has 114 valence electrons. The van der Waals surface area contributed by atoms with Crippen molar-refractivity contribution in [1.29, 1.82) is 0 Å². The van der Waals surface area contributed by atoms with Crippen LogP contribution in [0.25, 0.3) is 10.9 Å². The van der Waals surface area contributed by atoms with Gasteiger partial charge in [0, 0.05) is 37.7 Å². The van der Waals surface area contributed by atoms with E-state index in [1.807, 2.05) is 6.20 Å². The van der Waals surface area contributed by atoms with Crippen molar-refractivity contribution >= 4 is 10.9 Å². The highest BCUT2D eigenvalue weighted by Crippen LogP contribution is 2.27. The number of ether oxygens (including phenoxy) is 1. The standard InChI is InChI=1S/C17H25N3O/c1-12-9-14(13(2)19-15-5-6-15)10-17-16(12)11-18-20(17)7-4-8-21-3/h9-11,13,15,19H,4-8H2,1-3H3. The molecule has 0 bridgehead atoms. The number of nitrogens with one attached hydrogen (secondary N) is 1. The first-order valence-corrected chi connectivity index (χ1v) is 7.90. The van der Waals surface area contributed by atoms with E-state index in [4.69, 9.17) is 4.74 Å². The van der Waals surface area contributed by atoms with Crippen molar-refractivity contribution in [1.82, 2.24) is 15.1 Å². The molecule has 1 aromatic heterocycles. The summed E-state index contributed by atoms with van der Waals surface area (Å²) in [5, 5.41) is 9.48. The Kier molecular flexibility index (Phi) is 4.27. The van der Waals surface area contributed by atoms with Crippen molar-refractivity contribution in [3.05, 3.63) is 29.5 Å². The first-order valence-electron chi connectivity index (χ1n) is 7.90. The van der Waals surface area contributed by atoms with Crippen molar-refractivity contribution in [3.8, 4) is 0 Å². The van der Waals surface area contributed by atoms with Gasteiger partial charge in [-0.15, -0.1) is 0 Å². The molecule has 1 aliphatic carbocycles. The predicted molar refractivity (Wildman–Crippen MR) is 85.5 cm³/mol. The minimum absolute atomic E-state index is 0.405. The smallest absolute Gasteiger partial charge is 0.0688 e. The van der Waals surface area contributed by atoms with Crippen molar-refractivity contribution in [2.75, 3.05) is 13.7 Å². The summed E-state index contributed by atoms with van der Waals surface area (Å²) in [4.78, 5) is 0. The normalized spacial score (nSPS) is 16.5. The fraction of sp³-hybridized carbons (Fsp3) is 0.588. The van der Waals surface area contributed by atoms with Crippen LogP contribution in [0.1, 0.15) is 43.4 Å². The summed E-state index contributed by atoms with van der Waals surface area (Å²) in [7, 11) is 1.74. The summed E-state index contributed by atoms with van der Waals surface area (Å²) in [6, 6.07) is 5.72. The van der Waals surface area contributed by atoms with Gasteiger partial charge in [0.15, 0.2) is 0 Å². The second-order valence-electron chi connectivity index (χ2n) is 6.15. The Balaban J connectivity index is 1.86. The number of fused-ring (bicyclic) bond motifs is 1. The Bertz CT molecular complexity index is 616. The zero-order valence-electron chi connectivity index (χ0n) is 13.2. The van der Waals surface area contributed by atoms with E-state index in [2.05, 4.69) is 41.1 Å². The average Bonchev–Trinajstić information content (AvgIpc) is 3.18. The first-order chi connectivity index (χ1) is 10.2. The van der Waals surface area contributed by atoms with E-state index >= 15 is 0 Å². The lowest BCUT2D eigenvalue weighted by Crippen LogP contribution is -2.20. The van der Waals surface area contributed by atoms with Crippen LogP contribution in [0.4, 0.5) is 0 Å². The van der Waals surface area contributed by atoms with Crippen molar-refractivity contribution in [2.45, 2.75) is 51.7 Å². The van der Waals surface area contributed by atoms with Gasteiger partial charge in [-0.3, -0.25) is 4.68 Å². The second kappa shape index (κ2) is 6.16. The van der Waals surface area contributed by atoms with Crippen LogP contribution in [-0.2, 0) is 11.3 Å². The van der Waals surface area contributed by atoms with Crippen molar-refractivity contribution in [2.24, 2.45) is 0 Å². The van der Waals surface area contributed by atoms with Crippen molar-refractivity contribution in [3.63, 3.8) is 0 Å². The fourth-order valence-corrected chi connectivity index (χ4v) is 2.86. The lowest BCUT2D eigenvalue weighted by atomic mass is 10.0. The molecule has 4 nitrogen and oxygen atoms in total. The van der Waals surface area contributed by atoms with E-state index in [9.17, 15) is 0 Å². The van der Waals surface area contributed by atoms with Crippen LogP contribution in [0, 0.1) is 6.92 Å². The molecule has 4 heteroatoms. The number of benzene rings is 1. The highest BCUT2D eigenvalue weighted by Gasteiger charge is 2.23. The molecule has 3 rings (SSSR count). The predicted octanol–water partition coefficient (Wildman–Crippen LogP) is 3.19. The van der Waals surface area contributed by atoms with E-state index in [0.29, 0.717) is 6.04 Å². The molecular formula is C17H25N3O. The summed E-state index contributed by atoms with van der Waals surface area (Å²) in [6.07, 6.45) is 5.62. The number of aryl methyl sites for hydroxylation is 2. The summed E-state index contributed by atoms with van der Waals surface area (Å²) >= 11 is 0. The van der Waals surface area contributed by atoms with Gasteiger partial charge < -0.3 is 10.1 Å². The van der Waals surface area contributed by atoms with Crippen LogP contribution >= 0.6 is 0 Å². The number of rotatable bonds is 7. The molecule has 0 radical (unpaired) electrons. The van der Waals surface area contributed by atoms with Crippen LogP contribution in [0.3, 0.4) is 0 Å². The van der Waals surface area contributed by atoms with Gasteiger partial charge in [-0.05, 0) is 50.3 Å². The SMILES string of the molecule is COCCCn1ncc2c(C)cc(C(C)NC3CC3)cc21. The number of hydrogen-bond donors (Lipinski definition) is 1. The summed E-state index contributed by atoms with van der Waals surface area (Å²) in [6.45, 7) is 6.12. The molecule has 1 atom stereocenters. The van der Waals surface area contributed by atoms with E-state index in [0.717, 1.165) is 25.6 Å². The van der Waals surface area contributed by atoms with Gasteiger partial charge in [0.1, 0.15) is 0 Å². The van der Waals surface area contributed by atoms with Gasteiger partial charge in [0.2, 0.25) is 0 Å². The Labute approximate surface area is 126 Å². The molecular weight excluding hydrogens is 262 g/mol. The minimum Gasteiger partial charge on any atom is -0.385 e. The Morgan fingerprint density at radius 1 is 1.43 bits per heavy atom. The maximum absolute atomic E-state index is 5.14. The van der Waals surface area contributed by atoms with Crippen molar-refractivity contribution < 1.29 is 4.74 Å². The second-order valence-corrected chi connectivity index (χ2v) is 6.15. The maximum Gasteiger partial charge on any atom is 0.0688 e. The number of hydrogen-bond acceptors (Lipinski definition) is 3.